The number of amides is 2. The van der Waals surface area contributed by atoms with Crippen molar-refractivity contribution in [1.29, 1.82) is 0 Å². The highest BCUT2D eigenvalue weighted by Crippen LogP contribution is 2.25. The first kappa shape index (κ1) is 18.0. The number of benzene rings is 1. The number of hydrogen-bond acceptors (Lipinski definition) is 7. The molecule has 0 aliphatic heterocycles. The van der Waals surface area contributed by atoms with Crippen LogP contribution in [0.4, 0.5) is 15.8 Å². The molecule has 7 nitrogen and oxygen atoms in total. The van der Waals surface area contributed by atoms with Crippen molar-refractivity contribution in [2.45, 2.75) is 4.34 Å². The lowest BCUT2D eigenvalue weighted by Gasteiger charge is -2.12. The van der Waals surface area contributed by atoms with Gasteiger partial charge in [-0.3, -0.25) is 14.6 Å². The first-order valence-corrected chi connectivity index (χ1v) is 9.19. The molecule has 26 heavy (non-hydrogen) atoms. The Morgan fingerprint density at radius 2 is 2.04 bits per heavy atom. The summed E-state index contributed by atoms with van der Waals surface area (Å²) in [4.78, 5) is 28.3. The molecule has 2 heterocycles. The lowest BCUT2D eigenvalue weighted by Crippen LogP contribution is -2.18. The highest BCUT2D eigenvalue weighted by molar-refractivity contribution is 8.01. The molecule has 0 atom stereocenters. The SMILES string of the molecule is O=C(CSc1nncs1)Nc1cc(F)ccc1NC(=O)c1ccccn1. The number of halogens is 1. The highest BCUT2D eigenvalue weighted by Gasteiger charge is 2.13. The Morgan fingerprint density at radius 3 is 2.77 bits per heavy atom. The summed E-state index contributed by atoms with van der Waals surface area (Å²) in [5.74, 6) is -1.27. The lowest BCUT2D eigenvalue weighted by molar-refractivity contribution is -0.113. The molecule has 2 aromatic heterocycles. The molecular weight excluding hydrogens is 377 g/mol. The molecule has 0 unspecified atom stereocenters. The summed E-state index contributed by atoms with van der Waals surface area (Å²) in [7, 11) is 0. The number of carbonyl (C=O) groups excluding carboxylic acids is 2. The predicted molar refractivity (Wildman–Crippen MR) is 97.9 cm³/mol. The maximum atomic E-state index is 13.6. The maximum absolute atomic E-state index is 13.6. The fraction of sp³-hybridized carbons (Fsp3) is 0.0625. The Kier molecular flexibility index (Phi) is 5.87. The Labute approximate surface area is 156 Å². The van der Waals surface area contributed by atoms with Gasteiger partial charge in [-0.2, -0.15) is 0 Å². The number of hydrogen-bond donors (Lipinski definition) is 2. The summed E-state index contributed by atoms with van der Waals surface area (Å²) in [6.07, 6.45) is 1.49. The van der Waals surface area contributed by atoms with Gasteiger partial charge >= 0.3 is 0 Å². The van der Waals surface area contributed by atoms with Gasteiger partial charge < -0.3 is 10.6 Å². The third kappa shape index (κ3) is 4.83. The van der Waals surface area contributed by atoms with Gasteiger partial charge in [-0.05, 0) is 30.3 Å². The van der Waals surface area contributed by atoms with Crippen molar-refractivity contribution in [1.82, 2.24) is 15.2 Å². The fourth-order valence-electron chi connectivity index (χ4n) is 1.95. The number of nitrogens with one attached hydrogen (secondary N) is 2. The molecule has 1 aromatic carbocycles. The molecule has 0 bridgehead atoms. The van der Waals surface area contributed by atoms with Gasteiger partial charge in [-0.1, -0.05) is 29.2 Å². The van der Waals surface area contributed by atoms with Crippen LogP contribution in [0.1, 0.15) is 10.5 Å². The number of rotatable bonds is 6. The van der Waals surface area contributed by atoms with Crippen molar-refractivity contribution in [3.8, 4) is 0 Å². The van der Waals surface area contributed by atoms with Crippen molar-refractivity contribution in [3.63, 3.8) is 0 Å². The molecule has 0 fully saturated rings. The van der Waals surface area contributed by atoms with E-state index >= 15 is 0 Å². The summed E-state index contributed by atoms with van der Waals surface area (Å²) in [5.41, 5.74) is 2.22. The largest absolute Gasteiger partial charge is 0.323 e. The predicted octanol–water partition coefficient (Wildman–Crippen LogP) is 3.06. The van der Waals surface area contributed by atoms with Crippen LogP contribution in [0.3, 0.4) is 0 Å². The van der Waals surface area contributed by atoms with Crippen LogP contribution >= 0.6 is 23.1 Å². The molecule has 0 aliphatic rings. The van der Waals surface area contributed by atoms with E-state index in [1.807, 2.05) is 0 Å². The van der Waals surface area contributed by atoms with E-state index in [1.165, 1.54) is 41.4 Å². The van der Waals surface area contributed by atoms with Gasteiger partial charge in [0.15, 0.2) is 4.34 Å². The number of pyridine rings is 1. The minimum atomic E-state index is -0.534. The van der Waals surface area contributed by atoms with E-state index in [0.717, 1.165) is 6.07 Å². The molecule has 0 saturated carbocycles. The molecule has 3 rings (SSSR count). The summed E-state index contributed by atoms with van der Waals surface area (Å²) in [5, 5.41) is 12.7. The van der Waals surface area contributed by atoms with Gasteiger partial charge in [0.1, 0.15) is 17.0 Å². The van der Waals surface area contributed by atoms with Crippen molar-refractivity contribution >= 4 is 46.3 Å². The minimum Gasteiger partial charge on any atom is -0.323 e. The van der Waals surface area contributed by atoms with Crippen LogP contribution in [-0.4, -0.2) is 32.7 Å². The highest BCUT2D eigenvalue weighted by atomic mass is 32.2. The zero-order chi connectivity index (χ0) is 18.4. The number of aromatic nitrogens is 3. The zero-order valence-corrected chi connectivity index (χ0v) is 14.8. The average molecular weight is 389 g/mol. The second kappa shape index (κ2) is 8.50. The van der Waals surface area contributed by atoms with Crippen molar-refractivity contribution in [3.05, 3.63) is 59.6 Å². The Bertz CT molecular complexity index is 906. The molecule has 0 aliphatic carbocycles. The van der Waals surface area contributed by atoms with Gasteiger partial charge in [0.25, 0.3) is 5.91 Å². The van der Waals surface area contributed by atoms with Crippen LogP contribution in [0.2, 0.25) is 0 Å². The van der Waals surface area contributed by atoms with Crippen LogP contribution in [-0.2, 0) is 4.79 Å². The molecule has 0 radical (unpaired) electrons. The van der Waals surface area contributed by atoms with E-state index in [0.29, 0.717) is 4.34 Å². The number of thioether (sulfide) groups is 1. The maximum Gasteiger partial charge on any atom is 0.274 e. The Balaban J connectivity index is 1.69. The third-order valence-electron chi connectivity index (χ3n) is 3.07. The molecular formula is C16H12FN5O2S2. The molecule has 132 valence electrons. The standard InChI is InChI=1S/C16H12FN5O2S2/c17-10-4-5-11(21-15(24)12-3-1-2-6-18-12)13(7-10)20-14(23)8-25-16-22-19-9-26-16/h1-7,9H,8H2,(H,20,23)(H,21,24). The quantitative estimate of drug-likeness (QED) is 0.629. The zero-order valence-electron chi connectivity index (χ0n) is 13.2. The van der Waals surface area contributed by atoms with E-state index in [4.69, 9.17) is 0 Å². The first-order chi connectivity index (χ1) is 12.6. The van der Waals surface area contributed by atoms with E-state index in [-0.39, 0.29) is 28.7 Å². The van der Waals surface area contributed by atoms with Crippen LogP contribution < -0.4 is 10.6 Å². The summed E-state index contributed by atoms with van der Waals surface area (Å²) in [6.45, 7) is 0. The van der Waals surface area contributed by atoms with E-state index < -0.39 is 11.7 Å². The Hall–Kier alpha value is -2.85. The van der Waals surface area contributed by atoms with Crippen LogP contribution in [0.5, 0.6) is 0 Å². The van der Waals surface area contributed by atoms with E-state index in [9.17, 15) is 14.0 Å². The molecule has 0 saturated heterocycles. The average Bonchev–Trinajstić information content (AvgIpc) is 3.16. The van der Waals surface area contributed by atoms with Crippen LogP contribution in [0.15, 0.2) is 52.4 Å². The van der Waals surface area contributed by atoms with E-state index in [2.05, 4.69) is 25.8 Å². The van der Waals surface area contributed by atoms with E-state index in [1.54, 1.807) is 23.7 Å². The van der Waals surface area contributed by atoms with Gasteiger partial charge in [0.2, 0.25) is 5.91 Å². The van der Waals surface area contributed by atoms with Crippen LogP contribution in [0.25, 0.3) is 0 Å². The monoisotopic (exact) mass is 389 g/mol. The topological polar surface area (TPSA) is 96.9 Å². The smallest absolute Gasteiger partial charge is 0.274 e. The molecule has 3 aromatic rings. The molecule has 10 heteroatoms. The van der Waals surface area contributed by atoms with Crippen molar-refractivity contribution in [2.75, 3.05) is 16.4 Å². The lowest BCUT2D eigenvalue weighted by atomic mass is 10.2. The molecule has 2 N–H and O–H groups in total. The van der Waals surface area contributed by atoms with Crippen molar-refractivity contribution < 1.29 is 14.0 Å². The number of nitrogens with zero attached hydrogens (tertiary/aromatic N) is 3. The van der Waals surface area contributed by atoms with Gasteiger partial charge in [-0.25, -0.2) is 4.39 Å². The number of carbonyl (C=O) groups is 2. The third-order valence-corrected chi connectivity index (χ3v) is 4.93. The summed E-state index contributed by atoms with van der Waals surface area (Å²) in [6, 6.07) is 8.64. The van der Waals surface area contributed by atoms with Crippen molar-refractivity contribution in [2.24, 2.45) is 0 Å². The summed E-state index contributed by atoms with van der Waals surface area (Å²) >= 11 is 2.54. The molecule has 2 amide bonds. The van der Waals surface area contributed by atoms with Gasteiger partial charge in [-0.15, -0.1) is 10.2 Å². The summed E-state index contributed by atoms with van der Waals surface area (Å²) < 4.78 is 14.2. The normalized spacial score (nSPS) is 10.3. The second-order valence-electron chi connectivity index (χ2n) is 4.90. The number of anilines is 2. The van der Waals surface area contributed by atoms with Gasteiger partial charge in [0.05, 0.1) is 17.1 Å². The Morgan fingerprint density at radius 1 is 1.15 bits per heavy atom. The first-order valence-electron chi connectivity index (χ1n) is 7.32. The second-order valence-corrected chi connectivity index (χ2v) is 6.96. The fourth-order valence-corrected chi connectivity index (χ4v) is 3.24. The van der Waals surface area contributed by atoms with Crippen LogP contribution in [0, 0.1) is 5.82 Å². The molecule has 0 spiro atoms. The van der Waals surface area contributed by atoms with Gasteiger partial charge in [0, 0.05) is 6.20 Å². The minimum absolute atomic E-state index is 0.0827.